The summed E-state index contributed by atoms with van der Waals surface area (Å²) in [6.07, 6.45) is -1.34. The minimum Gasteiger partial charge on any atom is -0.467 e. The van der Waals surface area contributed by atoms with Gasteiger partial charge in [-0.2, -0.15) is 18.3 Å². The summed E-state index contributed by atoms with van der Waals surface area (Å²) in [5.41, 5.74) is 9.19. The minimum atomic E-state index is -4.53. The van der Waals surface area contributed by atoms with Crippen molar-refractivity contribution in [1.29, 1.82) is 5.53 Å². The lowest BCUT2D eigenvalue weighted by atomic mass is 10.0. The number of hydrogen-bond donors (Lipinski definition) is 2. The fourth-order valence-corrected chi connectivity index (χ4v) is 3.13. The fraction of sp³-hybridized carbons (Fsp3) is 0.350. The molecule has 1 aliphatic heterocycles. The first-order valence-corrected chi connectivity index (χ1v) is 9.60. The highest BCUT2D eigenvalue weighted by Gasteiger charge is 2.32. The summed E-state index contributed by atoms with van der Waals surface area (Å²) in [7, 11) is 0. The molecule has 3 N–H and O–H groups in total. The van der Waals surface area contributed by atoms with Crippen molar-refractivity contribution in [3.8, 4) is 5.88 Å². The maximum atomic E-state index is 12.7. The van der Waals surface area contributed by atoms with Crippen LogP contribution in [0.15, 0.2) is 47.1 Å². The first-order valence-electron chi connectivity index (χ1n) is 9.60. The van der Waals surface area contributed by atoms with E-state index in [1.807, 2.05) is 0 Å². The molecular weight excluding hydrogens is 432 g/mol. The number of nitrogens with one attached hydrogen (secondary N) is 1. The quantitative estimate of drug-likeness (QED) is 0.496. The predicted octanol–water partition coefficient (Wildman–Crippen LogP) is 2.89. The molecule has 0 aliphatic carbocycles. The average Bonchev–Trinajstić information content (AvgIpc) is 2.79. The van der Waals surface area contributed by atoms with E-state index in [-0.39, 0.29) is 13.2 Å². The molecule has 1 amide bonds. The van der Waals surface area contributed by atoms with Gasteiger partial charge in [-0.05, 0) is 30.5 Å². The number of pyridine rings is 2. The third kappa shape index (κ3) is 5.63. The average molecular weight is 453 g/mol. The van der Waals surface area contributed by atoms with Gasteiger partial charge in [0.15, 0.2) is 24.7 Å². The van der Waals surface area contributed by atoms with E-state index in [0.29, 0.717) is 35.9 Å². The zero-order chi connectivity index (χ0) is 23.3. The van der Waals surface area contributed by atoms with Crippen LogP contribution in [0.2, 0.25) is 0 Å². The summed E-state index contributed by atoms with van der Waals surface area (Å²) in [5.74, 6) is -0.253. The molecule has 0 aromatic carbocycles. The number of rotatable bonds is 7. The molecule has 3 heterocycles. The van der Waals surface area contributed by atoms with E-state index in [4.69, 9.17) is 10.3 Å². The summed E-state index contributed by atoms with van der Waals surface area (Å²) >= 11 is 0. The van der Waals surface area contributed by atoms with Crippen LogP contribution in [0.25, 0.3) is 0 Å². The first-order chi connectivity index (χ1) is 15.2. The van der Waals surface area contributed by atoms with Crippen LogP contribution in [0.1, 0.15) is 23.7 Å². The van der Waals surface area contributed by atoms with E-state index in [1.54, 1.807) is 24.5 Å². The van der Waals surface area contributed by atoms with Crippen molar-refractivity contribution < 1.29 is 32.4 Å². The van der Waals surface area contributed by atoms with Gasteiger partial charge < -0.3 is 9.64 Å². The van der Waals surface area contributed by atoms with Gasteiger partial charge in [-0.1, -0.05) is 0 Å². The second kappa shape index (κ2) is 9.81. The predicted molar refractivity (Wildman–Crippen MR) is 104 cm³/mol. The number of fused-ring (bicyclic) bond motifs is 1. The second-order valence-corrected chi connectivity index (χ2v) is 7.12. The lowest BCUT2D eigenvalue weighted by Crippen LogP contribution is -2.77. The molecule has 12 heteroatoms. The minimum absolute atomic E-state index is 0.0204. The number of nitrogens with two attached hydrogens (primary N) is 1. The highest BCUT2D eigenvalue weighted by Crippen LogP contribution is 2.27. The summed E-state index contributed by atoms with van der Waals surface area (Å²) < 4.78 is 56.4. The molecule has 32 heavy (non-hydrogen) atoms. The standard InChI is InChI=1S/C20H20F4N6O2/c1-12(29-25)16(28-15-2-3-17(26-9-15)20(22,23)24)11-32-18-6-13-4-5-30(19(31)7-21)10-14(13)8-27-18/h2-3,6,8-9,25,28H,4-5,7,10-11H2,1H3/p+1/b16-12-,29-25?. The number of ether oxygens (including phenoxy) is 1. The largest absolute Gasteiger partial charge is 0.467 e. The molecule has 0 spiro atoms. The Morgan fingerprint density at radius 2 is 2.06 bits per heavy atom. The maximum absolute atomic E-state index is 12.7. The zero-order valence-electron chi connectivity index (χ0n) is 17.1. The van der Waals surface area contributed by atoms with Gasteiger partial charge in [0.1, 0.15) is 11.4 Å². The Kier molecular flexibility index (Phi) is 7.13. The number of allylic oxidation sites excluding steroid dienone is 1. The molecule has 0 fully saturated rings. The molecule has 0 unspecified atom stereocenters. The van der Waals surface area contributed by atoms with Gasteiger partial charge in [0.2, 0.25) is 5.88 Å². The van der Waals surface area contributed by atoms with E-state index in [2.05, 4.69) is 15.1 Å². The normalized spacial score (nSPS) is 14.5. The Hall–Kier alpha value is -3.41. The topological polar surface area (TPSA) is 108 Å². The molecule has 0 atom stereocenters. The van der Waals surface area contributed by atoms with E-state index in [9.17, 15) is 22.4 Å². The number of carbonyl (C=O) groups excluding carboxylic acids is 1. The van der Waals surface area contributed by atoms with Crippen LogP contribution in [0.3, 0.4) is 0 Å². The lowest BCUT2D eigenvalue weighted by molar-refractivity contribution is -0.522. The lowest BCUT2D eigenvalue weighted by Gasteiger charge is -2.28. The van der Waals surface area contributed by atoms with Gasteiger partial charge in [-0.15, -0.1) is 0 Å². The summed E-state index contributed by atoms with van der Waals surface area (Å²) in [5, 5.41) is 4.93. The summed E-state index contributed by atoms with van der Waals surface area (Å²) in [6.45, 7) is 1.20. The second-order valence-electron chi connectivity index (χ2n) is 7.12. The Labute approximate surface area is 180 Å². The number of quaternary nitrogens is 1. The molecule has 0 saturated carbocycles. The number of aromatic nitrogens is 2. The van der Waals surface area contributed by atoms with Crippen LogP contribution in [-0.4, -0.2) is 40.6 Å². The molecule has 0 bridgehead atoms. The van der Waals surface area contributed by atoms with E-state index in [1.165, 1.54) is 11.0 Å². The van der Waals surface area contributed by atoms with Gasteiger partial charge in [-0.25, -0.2) is 19.9 Å². The summed E-state index contributed by atoms with van der Waals surface area (Å²) in [4.78, 5) is 20.6. The molecule has 0 saturated heterocycles. The Bertz CT molecular complexity index is 1020. The van der Waals surface area contributed by atoms with Crippen molar-refractivity contribution >= 4 is 11.6 Å². The van der Waals surface area contributed by atoms with Gasteiger partial charge in [0.25, 0.3) is 5.91 Å². The number of nitrogens with zero attached hydrogens (tertiary/aromatic N) is 4. The van der Waals surface area contributed by atoms with Gasteiger partial charge in [-0.3, -0.25) is 10.1 Å². The molecule has 170 valence electrons. The number of alkyl halides is 4. The molecular formula is C20H21F4N6O2+. The molecule has 1 aliphatic rings. The van der Waals surface area contributed by atoms with Crippen LogP contribution in [0, 0.1) is 5.53 Å². The van der Waals surface area contributed by atoms with Crippen molar-refractivity contribution in [2.24, 2.45) is 5.11 Å². The fourth-order valence-electron chi connectivity index (χ4n) is 3.13. The third-order valence-corrected chi connectivity index (χ3v) is 4.96. The van der Waals surface area contributed by atoms with E-state index in [0.717, 1.165) is 23.4 Å². The van der Waals surface area contributed by atoms with Crippen molar-refractivity contribution in [3.05, 3.63) is 58.8 Å². The van der Waals surface area contributed by atoms with Crippen LogP contribution in [-0.2, 0) is 23.9 Å². The monoisotopic (exact) mass is 453 g/mol. The van der Waals surface area contributed by atoms with Crippen molar-refractivity contribution in [2.45, 2.75) is 26.1 Å². The van der Waals surface area contributed by atoms with Crippen LogP contribution in [0.5, 0.6) is 5.88 Å². The van der Waals surface area contributed by atoms with Gasteiger partial charge >= 0.3 is 6.18 Å². The number of halogens is 4. The van der Waals surface area contributed by atoms with Crippen molar-refractivity contribution in [3.63, 3.8) is 0 Å². The highest BCUT2D eigenvalue weighted by molar-refractivity contribution is 5.77. The molecule has 2 aromatic rings. The Balaban J connectivity index is 1.68. The van der Waals surface area contributed by atoms with Crippen LogP contribution in [0.4, 0.5) is 23.2 Å². The molecule has 0 radical (unpaired) electrons. The van der Waals surface area contributed by atoms with Gasteiger partial charge in [0, 0.05) is 31.4 Å². The SMILES string of the molecule is C/C(N=N)=C(\COc1cc2c(cn1)CN(C(=O)CF)CC2)[NH2+]c1ccc(C(F)(F)F)nc1. The van der Waals surface area contributed by atoms with Crippen molar-refractivity contribution in [2.75, 3.05) is 19.8 Å². The van der Waals surface area contributed by atoms with E-state index >= 15 is 0 Å². The zero-order valence-corrected chi connectivity index (χ0v) is 17.1. The van der Waals surface area contributed by atoms with Crippen LogP contribution < -0.4 is 10.1 Å². The molecule has 3 rings (SSSR count). The third-order valence-electron chi connectivity index (χ3n) is 4.96. The molecule has 2 aromatic heterocycles. The maximum Gasteiger partial charge on any atom is 0.433 e. The van der Waals surface area contributed by atoms with Crippen molar-refractivity contribution in [1.82, 2.24) is 14.9 Å². The Morgan fingerprint density at radius 3 is 2.69 bits per heavy atom. The number of carbonyl (C=O) groups is 1. The highest BCUT2D eigenvalue weighted by atomic mass is 19.4. The van der Waals surface area contributed by atoms with E-state index < -0.39 is 24.5 Å². The summed E-state index contributed by atoms with van der Waals surface area (Å²) in [6, 6.07) is 3.88. The number of amides is 1. The van der Waals surface area contributed by atoms with Crippen LogP contribution >= 0.6 is 0 Å². The number of hydrogen-bond acceptors (Lipinski definition) is 6. The Morgan fingerprint density at radius 1 is 1.28 bits per heavy atom. The first kappa shape index (κ1) is 23.3. The van der Waals surface area contributed by atoms with Gasteiger partial charge in [0.05, 0.1) is 6.20 Å². The smallest absolute Gasteiger partial charge is 0.433 e. The molecule has 8 nitrogen and oxygen atoms in total.